The monoisotopic (exact) mass is 614 g/mol. The quantitative estimate of drug-likeness (QED) is 0.213. The van der Waals surface area contributed by atoms with Crippen LogP contribution in [0.1, 0.15) is 73.9 Å². The van der Waals surface area contributed by atoms with E-state index in [9.17, 15) is 9.59 Å². The molecule has 0 bridgehead atoms. The number of benzene rings is 2. The number of amides is 2. The molecule has 43 heavy (non-hydrogen) atoms. The van der Waals surface area contributed by atoms with E-state index in [1.165, 1.54) is 0 Å². The van der Waals surface area contributed by atoms with E-state index >= 15 is 0 Å². The van der Waals surface area contributed by atoms with Crippen molar-refractivity contribution >= 4 is 34.5 Å². The molecule has 2 atom stereocenters. The first-order valence-electron chi connectivity index (χ1n) is 15.0. The molecule has 0 N–H and O–H groups in total. The lowest BCUT2D eigenvalue weighted by Gasteiger charge is -2.19. The number of carbonyl (C=O) groups excluding carboxylic acids is 2. The third-order valence-electron chi connectivity index (χ3n) is 8.28. The fourth-order valence-electron chi connectivity index (χ4n) is 5.77. The molecule has 1 saturated carbocycles. The van der Waals surface area contributed by atoms with Gasteiger partial charge in [-0.25, -0.2) is 0 Å². The van der Waals surface area contributed by atoms with E-state index in [1.807, 2.05) is 52.3 Å². The van der Waals surface area contributed by atoms with Crippen LogP contribution >= 0.6 is 22.7 Å². The maximum Gasteiger partial charge on any atom is 0.223 e. The van der Waals surface area contributed by atoms with Crippen LogP contribution in [0, 0.1) is 5.92 Å². The third kappa shape index (κ3) is 5.92. The van der Waals surface area contributed by atoms with Crippen LogP contribution in [0.15, 0.2) is 42.5 Å². The molecular formula is C32H34N6O3S2. The SMILES string of the molecule is CC1CC(=O)N(Cc2ccc(-c3nnc(C4CC(=O)N(C5CC5)C4)s3)cc2Oc2ccc(-c3nnc(C(C)C)s3)cc2)C1. The Morgan fingerprint density at radius 1 is 0.884 bits per heavy atom. The van der Waals surface area contributed by atoms with E-state index in [1.54, 1.807) is 22.7 Å². The highest BCUT2D eigenvalue weighted by atomic mass is 32.1. The fraction of sp³-hybridized carbons (Fsp3) is 0.438. The van der Waals surface area contributed by atoms with Gasteiger partial charge in [0.05, 0.1) is 0 Å². The van der Waals surface area contributed by atoms with E-state index in [-0.39, 0.29) is 17.7 Å². The van der Waals surface area contributed by atoms with Crippen molar-refractivity contribution < 1.29 is 14.3 Å². The van der Waals surface area contributed by atoms with Gasteiger partial charge in [0.1, 0.15) is 31.5 Å². The van der Waals surface area contributed by atoms with Gasteiger partial charge in [-0.2, -0.15) is 0 Å². The number of aromatic nitrogens is 4. The Morgan fingerprint density at radius 2 is 1.63 bits per heavy atom. The minimum Gasteiger partial charge on any atom is -0.457 e. The first-order valence-corrected chi connectivity index (χ1v) is 16.6. The van der Waals surface area contributed by atoms with Crippen LogP contribution in [0.25, 0.3) is 21.1 Å². The fourth-order valence-corrected chi connectivity index (χ4v) is 7.55. The number of hydrogen-bond donors (Lipinski definition) is 0. The van der Waals surface area contributed by atoms with Crippen LogP contribution in [0.3, 0.4) is 0 Å². The van der Waals surface area contributed by atoms with Crippen LogP contribution in [0.5, 0.6) is 11.5 Å². The average molecular weight is 615 g/mol. The highest BCUT2D eigenvalue weighted by Gasteiger charge is 2.41. The molecule has 2 unspecified atom stereocenters. The molecule has 0 spiro atoms. The average Bonchev–Trinajstić information content (AvgIpc) is 3.34. The second-order valence-corrected chi connectivity index (χ2v) is 14.3. The summed E-state index contributed by atoms with van der Waals surface area (Å²) in [6, 6.07) is 14.4. The highest BCUT2D eigenvalue weighted by molar-refractivity contribution is 7.15. The van der Waals surface area contributed by atoms with Crippen LogP contribution < -0.4 is 4.74 Å². The number of ether oxygens (including phenoxy) is 1. The van der Waals surface area contributed by atoms with Crippen molar-refractivity contribution in [2.75, 3.05) is 13.1 Å². The predicted octanol–water partition coefficient (Wildman–Crippen LogP) is 6.49. The zero-order chi connectivity index (χ0) is 29.7. The van der Waals surface area contributed by atoms with Gasteiger partial charge in [-0.3, -0.25) is 9.59 Å². The van der Waals surface area contributed by atoms with Crippen LogP contribution in [-0.2, 0) is 16.1 Å². The molecule has 2 saturated heterocycles. The number of hydrogen-bond acceptors (Lipinski definition) is 9. The summed E-state index contributed by atoms with van der Waals surface area (Å²) >= 11 is 3.15. The van der Waals surface area contributed by atoms with Gasteiger partial charge in [0.15, 0.2) is 0 Å². The van der Waals surface area contributed by atoms with Gasteiger partial charge in [0.25, 0.3) is 0 Å². The van der Waals surface area contributed by atoms with E-state index in [0.29, 0.717) is 48.8 Å². The second kappa shape index (κ2) is 11.4. The molecule has 3 fully saturated rings. The van der Waals surface area contributed by atoms with E-state index in [0.717, 1.165) is 62.7 Å². The Kier molecular flexibility index (Phi) is 7.46. The van der Waals surface area contributed by atoms with Gasteiger partial charge in [-0.15, -0.1) is 20.4 Å². The van der Waals surface area contributed by atoms with Crippen molar-refractivity contribution in [2.45, 2.75) is 70.9 Å². The molecule has 2 amide bonds. The lowest BCUT2D eigenvalue weighted by Crippen LogP contribution is -2.27. The van der Waals surface area contributed by atoms with E-state index in [2.05, 4.69) is 41.2 Å². The lowest BCUT2D eigenvalue weighted by atomic mass is 10.1. The Bertz CT molecular complexity index is 1660. The largest absolute Gasteiger partial charge is 0.457 e. The smallest absolute Gasteiger partial charge is 0.223 e. The standard InChI is InChI=1S/C32H34N6O3S2/c1-18(2)29-33-34-30(42-29)20-6-10-25(11-7-20)41-26-13-21(4-5-22(26)16-37-15-19(3)12-27(37)39)31-35-36-32(43-31)23-14-28(40)38(17-23)24-8-9-24/h4-7,10-11,13,18-19,23-24H,8-9,12,14-17H2,1-3H3. The second-order valence-electron chi connectivity index (χ2n) is 12.3. The molecule has 2 aliphatic heterocycles. The summed E-state index contributed by atoms with van der Waals surface area (Å²) in [6.07, 6.45) is 3.31. The number of rotatable bonds is 9. The Balaban J connectivity index is 1.14. The normalized spacial score (nSPS) is 20.6. The molecule has 4 heterocycles. The number of nitrogens with zero attached hydrogens (tertiary/aromatic N) is 6. The van der Waals surface area contributed by atoms with Crippen molar-refractivity contribution in [1.29, 1.82) is 0 Å². The number of likely N-dealkylation sites (tertiary alicyclic amines) is 2. The van der Waals surface area contributed by atoms with Gasteiger partial charge >= 0.3 is 0 Å². The summed E-state index contributed by atoms with van der Waals surface area (Å²) in [6.45, 7) is 8.31. The number of carbonyl (C=O) groups is 2. The first kappa shape index (κ1) is 28.1. The molecule has 0 radical (unpaired) electrons. The zero-order valence-electron chi connectivity index (χ0n) is 24.5. The molecule has 1 aliphatic carbocycles. The summed E-state index contributed by atoms with van der Waals surface area (Å²) in [7, 11) is 0. The van der Waals surface area contributed by atoms with Gasteiger partial charge in [-0.1, -0.05) is 55.6 Å². The summed E-state index contributed by atoms with van der Waals surface area (Å²) in [5, 5.41) is 21.3. The molecule has 4 aromatic rings. The lowest BCUT2D eigenvalue weighted by molar-refractivity contribution is -0.129. The van der Waals surface area contributed by atoms with Crippen LogP contribution in [-0.4, -0.2) is 61.1 Å². The van der Waals surface area contributed by atoms with Crippen LogP contribution in [0.4, 0.5) is 0 Å². The van der Waals surface area contributed by atoms with E-state index < -0.39 is 0 Å². The van der Waals surface area contributed by atoms with E-state index in [4.69, 9.17) is 4.74 Å². The van der Waals surface area contributed by atoms with Crippen molar-refractivity contribution in [3.8, 4) is 32.6 Å². The minimum absolute atomic E-state index is 0.0979. The Hall–Kier alpha value is -3.70. The summed E-state index contributed by atoms with van der Waals surface area (Å²) < 4.78 is 6.48. The molecule has 3 aliphatic rings. The predicted molar refractivity (Wildman–Crippen MR) is 166 cm³/mol. The summed E-state index contributed by atoms with van der Waals surface area (Å²) in [4.78, 5) is 29.1. The van der Waals surface area contributed by atoms with Crippen molar-refractivity contribution in [3.63, 3.8) is 0 Å². The molecule has 2 aromatic heterocycles. The molecule has 222 valence electrons. The topological polar surface area (TPSA) is 101 Å². The van der Waals surface area contributed by atoms with Crippen molar-refractivity contribution in [1.82, 2.24) is 30.2 Å². The molecule has 9 nitrogen and oxygen atoms in total. The third-order valence-corrected chi connectivity index (χ3v) is 10.7. The summed E-state index contributed by atoms with van der Waals surface area (Å²) in [5.74, 6) is 2.56. The first-order chi connectivity index (χ1) is 20.8. The highest BCUT2D eigenvalue weighted by Crippen LogP contribution is 2.40. The van der Waals surface area contributed by atoms with Crippen molar-refractivity contribution in [3.05, 3.63) is 58.0 Å². The zero-order valence-corrected chi connectivity index (χ0v) is 26.2. The van der Waals surface area contributed by atoms with Gasteiger partial charge in [0.2, 0.25) is 11.8 Å². The van der Waals surface area contributed by atoms with Crippen LogP contribution in [0.2, 0.25) is 0 Å². The Labute approximate surface area is 258 Å². The summed E-state index contributed by atoms with van der Waals surface area (Å²) in [5.41, 5.74) is 2.83. The minimum atomic E-state index is 0.0979. The maximum atomic E-state index is 12.6. The van der Waals surface area contributed by atoms with Gasteiger partial charge in [0, 0.05) is 67.0 Å². The van der Waals surface area contributed by atoms with Gasteiger partial charge in [-0.05, 0) is 49.1 Å². The molecule has 7 rings (SSSR count). The molecular weight excluding hydrogens is 581 g/mol. The Morgan fingerprint density at radius 3 is 2.33 bits per heavy atom. The molecule has 2 aromatic carbocycles. The molecule has 11 heteroatoms. The maximum absolute atomic E-state index is 12.6. The van der Waals surface area contributed by atoms with Gasteiger partial charge < -0.3 is 14.5 Å². The van der Waals surface area contributed by atoms with Crippen molar-refractivity contribution in [2.24, 2.45) is 5.92 Å².